The highest BCUT2D eigenvalue weighted by atomic mass is 35.5. The molecule has 3 heteroatoms. The second-order valence-corrected chi connectivity index (χ2v) is 5.72. The molecule has 1 saturated carbocycles. The van der Waals surface area contributed by atoms with Gasteiger partial charge in [0.05, 0.1) is 0 Å². The van der Waals surface area contributed by atoms with E-state index in [-0.39, 0.29) is 0 Å². The molecule has 1 saturated heterocycles. The number of nitrogens with zero attached hydrogens (tertiary/aromatic N) is 1. The molecule has 0 amide bonds. The molecule has 0 bridgehead atoms. The number of benzene rings is 1. The first kappa shape index (κ1) is 11.9. The Kier molecular flexibility index (Phi) is 3.23. The predicted molar refractivity (Wildman–Crippen MR) is 74.0 cm³/mol. The summed E-state index contributed by atoms with van der Waals surface area (Å²) in [5.41, 5.74) is 3.07. The Morgan fingerprint density at radius 3 is 2.72 bits per heavy atom. The molecule has 0 atom stereocenters. The first-order valence-corrected chi connectivity index (χ1v) is 6.79. The first-order chi connectivity index (χ1) is 8.74. The lowest BCUT2D eigenvalue weighted by molar-refractivity contribution is 0.112. The summed E-state index contributed by atoms with van der Waals surface area (Å²) in [5.74, 6) is 0.960. The van der Waals surface area contributed by atoms with Crippen LogP contribution in [0.15, 0.2) is 23.8 Å². The lowest BCUT2D eigenvalue weighted by atomic mass is 10.0. The number of hydrogen-bond donors (Lipinski definition) is 0. The van der Waals surface area contributed by atoms with E-state index in [1.807, 2.05) is 12.1 Å². The van der Waals surface area contributed by atoms with Crippen molar-refractivity contribution in [2.75, 3.05) is 19.6 Å². The molecular weight excluding hydrogens is 246 g/mol. The van der Waals surface area contributed by atoms with Crippen LogP contribution in [0, 0.1) is 5.92 Å². The minimum Gasteiger partial charge on any atom is -0.298 e. The molecule has 0 unspecified atom stereocenters. The minimum absolute atomic E-state index is 0.631. The van der Waals surface area contributed by atoms with E-state index < -0.39 is 0 Å². The highest BCUT2D eigenvalue weighted by Crippen LogP contribution is 2.32. The van der Waals surface area contributed by atoms with Crippen LogP contribution in [0.4, 0.5) is 0 Å². The number of aldehydes is 1. The Bertz CT molecular complexity index is 497. The molecular formula is C15H16ClNO. The van der Waals surface area contributed by atoms with E-state index in [1.165, 1.54) is 25.0 Å². The molecule has 1 aromatic carbocycles. The lowest BCUT2D eigenvalue weighted by Crippen LogP contribution is -2.41. The van der Waals surface area contributed by atoms with Gasteiger partial charge in [-0.1, -0.05) is 29.8 Å². The monoisotopic (exact) mass is 261 g/mol. The third-order valence-electron chi connectivity index (χ3n) is 3.59. The van der Waals surface area contributed by atoms with Gasteiger partial charge in [0.25, 0.3) is 0 Å². The molecule has 1 heterocycles. The zero-order chi connectivity index (χ0) is 12.5. The van der Waals surface area contributed by atoms with Gasteiger partial charge >= 0.3 is 0 Å². The van der Waals surface area contributed by atoms with E-state index in [9.17, 15) is 4.79 Å². The molecule has 0 radical (unpaired) electrons. The van der Waals surface area contributed by atoms with Crippen molar-refractivity contribution in [3.05, 3.63) is 39.9 Å². The van der Waals surface area contributed by atoms with Crippen LogP contribution in [0.25, 0.3) is 6.08 Å². The average molecular weight is 262 g/mol. The van der Waals surface area contributed by atoms with Crippen LogP contribution in [0.3, 0.4) is 0 Å². The third-order valence-corrected chi connectivity index (χ3v) is 3.91. The maximum atomic E-state index is 10.6. The first-order valence-electron chi connectivity index (χ1n) is 6.41. The van der Waals surface area contributed by atoms with Crippen LogP contribution in [0.2, 0.25) is 5.02 Å². The number of likely N-dealkylation sites (tertiary alicyclic amines) is 1. The molecule has 3 rings (SSSR count). The van der Waals surface area contributed by atoms with Crippen molar-refractivity contribution in [2.45, 2.75) is 12.8 Å². The third kappa shape index (κ3) is 2.65. The standard InChI is InChI=1S/C15H16ClNO/c16-15-6-12(10-18)3-4-14(15)5-13-8-17(9-13)7-11-1-2-11/h3-6,10-11H,1-2,7-9H2. The van der Waals surface area contributed by atoms with Crippen LogP contribution in [-0.4, -0.2) is 30.8 Å². The van der Waals surface area contributed by atoms with Crippen molar-refractivity contribution in [3.8, 4) is 0 Å². The smallest absolute Gasteiger partial charge is 0.150 e. The van der Waals surface area contributed by atoms with E-state index >= 15 is 0 Å². The Balaban J connectivity index is 1.63. The van der Waals surface area contributed by atoms with Gasteiger partial charge in [0.2, 0.25) is 0 Å². The van der Waals surface area contributed by atoms with E-state index in [1.54, 1.807) is 6.07 Å². The number of hydrogen-bond acceptors (Lipinski definition) is 2. The van der Waals surface area contributed by atoms with Crippen molar-refractivity contribution in [1.82, 2.24) is 4.90 Å². The molecule has 0 aromatic heterocycles. The van der Waals surface area contributed by atoms with Gasteiger partial charge in [0, 0.05) is 30.2 Å². The minimum atomic E-state index is 0.631. The topological polar surface area (TPSA) is 20.3 Å². The lowest BCUT2D eigenvalue weighted by Gasteiger charge is -2.34. The SMILES string of the molecule is O=Cc1ccc(C=C2CN(CC3CC3)C2)c(Cl)c1. The van der Waals surface area contributed by atoms with Crippen LogP contribution in [0.1, 0.15) is 28.8 Å². The van der Waals surface area contributed by atoms with Crippen LogP contribution < -0.4 is 0 Å². The largest absolute Gasteiger partial charge is 0.298 e. The summed E-state index contributed by atoms with van der Waals surface area (Å²) < 4.78 is 0. The van der Waals surface area contributed by atoms with Crippen molar-refractivity contribution >= 4 is 24.0 Å². The van der Waals surface area contributed by atoms with Crippen molar-refractivity contribution < 1.29 is 4.79 Å². The Labute approximate surface area is 112 Å². The molecule has 0 N–H and O–H groups in total. The summed E-state index contributed by atoms with van der Waals surface area (Å²) in [4.78, 5) is 13.1. The number of carbonyl (C=O) groups is 1. The molecule has 2 nitrogen and oxygen atoms in total. The maximum Gasteiger partial charge on any atom is 0.150 e. The van der Waals surface area contributed by atoms with Crippen LogP contribution in [0.5, 0.6) is 0 Å². The summed E-state index contributed by atoms with van der Waals surface area (Å²) in [7, 11) is 0. The molecule has 1 aliphatic carbocycles. The molecule has 1 aliphatic heterocycles. The summed E-state index contributed by atoms with van der Waals surface area (Å²) >= 11 is 6.15. The maximum absolute atomic E-state index is 10.6. The van der Waals surface area contributed by atoms with Gasteiger partial charge in [0.15, 0.2) is 0 Å². The highest BCUT2D eigenvalue weighted by molar-refractivity contribution is 6.32. The summed E-state index contributed by atoms with van der Waals surface area (Å²) in [6.45, 7) is 3.40. The van der Waals surface area contributed by atoms with Gasteiger partial charge in [-0.3, -0.25) is 9.69 Å². The van der Waals surface area contributed by atoms with Crippen molar-refractivity contribution in [2.24, 2.45) is 5.92 Å². The average Bonchev–Trinajstić information content (AvgIpc) is 3.12. The Morgan fingerprint density at radius 1 is 1.33 bits per heavy atom. The van der Waals surface area contributed by atoms with E-state index in [0.29, 0.717) is 10.6 Å². The van der Waals surface area contributed by atoms with Gasteiger partial charge in [-0.25, -0.2) is 0 Å². The molecule has 1 aromatic rings. The van der Waals surface area contributed by atoms with Gasteiger partial charge in [-0.2, -0.15) is 0 Å². The predicted octanol–water partition coefficient (Wildman–Crippen LogP) is 3.26. The molecule has 0 spiro atoms. The summed E-state index contributed by atoms with van der Waals surface area (Å²) in [6.07, 6.45) is 5.80. The normalized spacial score (nSPS) is 19.5. The van der Waals surface area contributed by atoms with Crippen molar-refractivity contribution in [3.63, 3.8) is 0 Å². The summed E-state index contributed by atoms with van der Waals surface area (Å²) in [5, 5.41) is 0.660. The van der Waals surface area contributed by atoms with Gasteiger partial charge in [-0.05, 0) is 36.0 Å². The number of carbonyl (C=O) groups excluding carboxylic acids is 1. The molecule has 18 heavy (non-hydrogen) atoms. The van der Waals surface area contributed by atoms with Crippen LogP contribution in [-0.2, 0) is 0 Å². The van der Waals surface area contributed by atoms with Gasteiger partial charge < -0.3 is 0 Å². The fraction of sp³-hybridized carbons (Fsp3) is 0.400. The molecule has 2 fully saturated rings. The quantitative estimate of drug-likeness (QED) is 0.776. The van der Waals surface area contributed by atoms with E-state index in [2.05, 4.69) is 11.0 Å². The van der Waals surface area contributed by atoms with Crippen molar-refractivity contribution in [1.29, 1.82) is 0 Å². The van der Waals surface area contributed by atoms with E-state index in [4.69, 9.17) is 11.6 Å². The molecule has 94 valence electrons. The van der Waals surface area contributed by atoms with Gasteiger partial charge in [-0.15, -0.1) is 0 Å². The Hall–Kier alpha value is -1.12. The Morgan fingerprint density at radius 2 is 2.11 bits per heavy atom. The second kappa shape index (κ2) is 4.87. The highest BCUT2D eigenvalue weighted by Gasteiger charge is 2.28. The zero-order valence-electron chi connectivity index (χ0n) is 10.2. The van der Waals surface area contributed by atoms with E-state index in [0.717, 1.165) is 30.9 Å². The number of rotatable bonds is 4. The van der Waals surface area contributed by atoms with Crippen LogP contribution >= 0.6 is 11.6 Å². The fourth-order valence-corrected chi connectivity index (χ4v) is 2.61. The fourth-order valence-electron chi connectivity index (χ4n) is 2.37. The molecule has 2 aliphatic rings. The number of halogens is 1. The zero-order valence-corrected chi connectivity index (χ0v) is 11.0. The second-order valence-electron chi connectivity index (χ2n) is 5.31. The summed E-state index contributed by atoms with van der Waals surface area (Å²) in [6, 6.07) is 5.45. The van der Waals surface area contributed by atoms with Gasteiger partial charge in [0.1, 0.15) is 6.29 Å².